The van der Waals surface area contributed by atoms with Crippen molar-refractivity contribution in [3.05, 3.63) is 138 Å². The summed E-state index contributed by atoms with van der Waals surface area (Å²) < 4.78 is 30.4. The van der Waals surface area contributed by atoms with E-state index in [0.29, 0.717) is 16.9 Å². The number of para-hydroxylation sites is 1. The van der Waals surface area contributed by atoms with Gasteiger partial charge in [-0.2, -0.15) is 0 Å². The predicted octanol–water partition coefficient (Wildman–Crippen LogP) is 7.66. The fourth-order valence-electron chi connectivity index (χ4n) is 4.59. The fourth-order valence-corrected chi connectivity index (χ4v) is 5.13. The highest BCUT2D eigenvalue weighted by Gasteiger charge is 2.33. The van der Waals surface area contributed by atoms with Crippen LogP contribution in [0, 0.1) is 0 Å². The van der Waals surface area contributed by atoms with Gasteiger partial charge in [0.25, 0.3) is 0 Å². The van der Waals surface area contributed by atoms with Gasteiger partial charge in [-0.25, -0.2) is 8.42 Å². The standard InChI is InChI=1S/C35H31NO4S/c1-35(2,41(3,38)39)29-22-28-15-10-20-36-34(28)31(23-29)27-14-9-13-26(21-27)24-40-33-17-8-7-16-30(33)32(37)19-18-25-11-5-4-6-12-25/h4-23H,24H2,1-3H3. The Bertz CT molecular complexity index is 1860. The lowest BCUT2D eigenvalue weighted by molar-refractivity contribution is 0.104. The predicted molar refractivity (Wildman–Crippen MR) is 166 cm³/mol. The lowest BCUT2D eigenvalue weighted by atomic mass is 9.93. The Morgan fingerprint density at radius 1 is 0.878 bits per heavy atom. The zero-order valence-electron chi connectivity index (χ0n) is 23.2. The molecule has 5 nitrogen and oxygen atoms in total. The maximum atomic E-state index is 13.0. The maximum Gasteiger partial charge on any atom is 0.189 e. The Kier molecular flexibility index (Phi) is 7.86. The number of rotatable bonds is 9. The molecule has 5 aromatic rings. The molecule has 0 saturated carbocycles. The molecule has 0 aliphatic heterocycles. The largest absolute Gasteiger partial charge is 0.488 e. The van der Waals surface area contributed by atoms with E-state index in [-0.39, 0.29) is 12.4 Å². The van der Waals surface area contributed by atoms with Crippen LogP contribution in [0.2, 0.25) is 0 Å². The fraction of sp³-hybridized carbons (Fsp3) is 0.143. The van der Waals surface area contributed by atoms with Crippen LogP contribution in [0.1, 0.15) is 40.9 Å². The van der Waals surface area contributed by atoms with Crippen molar-refractivity contribution in [2.24, 2.45) is 0 Å². The average molecular weight is 562 g/mol. The molecule has 4 aromatic carbocycles. The molecule has 5 rings (SSSR count). The quantitative estimate of drug-likeness (QED) is 0.136. The van der Waals surface area contributed by atoms with Gasteiger partial charge >= 0.3 is 0 Å². The SMILES string of the molecule is CC(C)(c1cc(-c2cccc(COc3ccccc3C(=O)C=Cc3ccccc3)c2)c2ncccc2c1)S(C)(=O)=O. The van der Waals surface area contributed by atoms with E-state index in [9.17, 15) is 13.2 Å². The highest BCUT2D eigenvalue weighted by Crippen LogP contribution is 2.36. The van der Waals surface area contributed by atoms with Gasteiger partial charge < -0.3 is 4.74 Å². The Hall–Kier alpha value is -4.55. The van der Waals surface area contributed by atoms with Crippen LogP contribution in [0.3, 0.4) is 0 Å². The number of fused-ring (bicyclic) bond motifs is 1. The van der Waals surface area contributed by atoms with Gasteiger partial charge in [0, 0.05) is 23.4 Å². The van der Waals surface area contributed by atoms with Gasteiger partial charge in [0.15, 0.2) is 15.6 Å². The Morgan fingerprint density at radius 2 is 1.63 bits per heavy atom. The van der Waals surface area contributed by atoms with E-state index in [1.54, 1.807) is 44.3 Å². The lowest BCUT2D eigenvalue weighted by Crippen LogP contribution is -2.28. The molecule has 0 atom stereocenters. The molecule has 0 fully saturated rings. The molecule has 206 valence electrons. The van der Waals surface area contributed by atoms with Gasteiger partial charge in [-0.05, 0) is 78.6 Å². The third kappa shape index (κ3) is 6.13. The summed E-state index contributed by atoms with van der Waals surface area (Å²) >= 11 is 0. The van der Waals surface area contributed by atoms with E-state index < -0.39 is 14.6 Å². The summed E-state index contributed by atoms with van der Waals surface area (Å²) in [5.41, 5.74) is 5.58. The molecule has 0 bridgehead atoms. The first-order valence-electron chi connectivity index (χ1n) is 13.3. The minimum Gasteiger partial charge on any atom is -0.488 e. The van der Waals surface area contributed by atoms with Crippen molar-refractivity contribution in [1.82, 2.24) is 4.98 Å². The normalized spacial score (nSPS) is 12.1. The van der Waals surface area contributed by atoms with Gasteiger partial charge in [-0.3, -0.25) is 9.78 Å². The first kappa shape index (κ1) is 28.0. The average Bonchev–Trinajstić information content (AvgIpc) is 2.98. The molecular formula is C35H31NO4S. The van der Waals surface area contributed by atoms with E-state index in [1.807, 2.05) is 91.0 Å². The Balaban J connectivity index is 1.44. The molecule has 0 spiro atoms. The van der Waals surface area contributed by atoms with Crippen LogP contribution >= 0.6 is 0 Å². The van der Waals surface area contributed by atoms with E-state index in [4.69, 9.17) is 4.74 Å². The Labute approximate surface area is 241 Å². The highest BCUT2D eigenvalue weighted by atomic mass is 32.2. The van der Waals surface area contributed by atoms with E-state index in [2.05, 4.69) is 4.98 Å². The number of benzene rings is 4. The molecule has 0 saturated heterocycles. The minimum atomic E-state index is -3.37. The molecule has 1 heterocycles. The molecule has 0 radical (unpaired) electrons. The summed E-state index contributed by atoms with van der Waals surface area (Å²) in [6, 6.07) is 32.4. The number of sulfone groups is 1. The smallest absolute Gasteiger partial charge is 0.189 e. The Morgan fingerprint density at radius 3 is 2.41 bits per heavy atom. The van der Waals surface area contributed by atoms with Crippen molar-refractivity contribution in [2.45, 2.75) is 25.2 Å². The van der Waals surface area contributed by atoms with Gasteiger partial charge in [0.1, 0.15) is 12.4 Å². The second-order valence-corrected chi connectivity index (χ2v) is 13.0. The zero-order valence-corrected chi connectivity index (χ0v) is 24.1. The van der Waals surface area contributed by atoms with Crippen LogP contribution in [-0.4, -0.2) is 25.4 Å². The zero-order chi connectivity index (χ0) is 29.0. The number of hydrogen-bond acceptors (Lipinski definition) is 5. The van der Waals surface area contributed by atoms with Crippen LogP contribution in [0.4, 0.5) is 0 Å². The third-order valence-corrected chi connectivity index (χ3v) is 9.43. The van der Waals surface area contributed by atoms with Crippen LogP contribution in [0.15, 0.2) is 115 Å². The van der Waals surface area contributed by atoms with Crippen molar-refractivity contribution >= 4 is 32.6 Å². The molecule has 0 aliphatic rings. The minimum absolute atomic E-state index is 0.138. The van der Waals surface area contributed by atoms with Gasteiger partial charge in [-0.1, -0.05) is 72.8 Å². The summed E-state index contributed by atoms with van der Waals surface area (Å²) in [4.78, 5) is 17.6. The second-order valence-electron chi connectivity index (χ2n) is 10.5. The van der Waals surface area contributed by atoms with Crippen molar-refractivity contribution in [3.8, 4) is 16.9 Å². The molecule has 0 N–H and O–H groups in total. The van der Waals surface area contributed by atoms with E-state index >= 15 is 0 Å². The summed E-state index contributed by atoms with van der Waals surface area (Å²) in [7, 11) is -3.37. The second kappa shape index (κ2) is 11.5. The molecular weight excluding hydrogens is 530 g/mol. The first-order chi connectivity index (χ1) is 19.6. The maximum absolute atomic E-state index is 13.0. The monoisotopic (exact) mass is 561 g/mol. The van der Waals surface area contributed by atoms with Crippen molar-refractivity contribution in [2.75, 3.05) is 6.26 Å². The molecule has 41 heavy (non-hydrogen) atoms. The molecule has 6 heteroatoms. The third-order valence-electron chi connectivity index (χ3n) is 7.34. The molecule has 1 aromatic heterocycles. The molecule has 0 amide bonds. The van der Waals surface area contributed by atoms with Crippen LogP contribution in [-0.2, 0) is 21.2 Å². The number of carbonyl (C=O) groups is 1. The van der Waals surface area contributed by atoms with Gasteiger partial charge in [0.05, 0.1) is 15.8 Å². The van der Waals surface area contributed by atoms with Crippen LogP contribution in [0.5, 0.6) is 5.75 Å². The van der Waals surface area contributed by atoms with Gasteiger partial charge in [0.2, 0.25) is 0 Å². The van der Waals surface area contributed by atoms with E-state index in [0.717, 1.165) is 33.2 Å². The number of allylic oxidation sites excluding steroid dienone is 1. The summed E-state index contributed by atoms with van der Waals surface area (Å²) in [5, 5.41) is 0.870. The number of carbonyl (C=O) groups excluding carboxylic acids is 1. The number of ether oxygens (including phenoxy) is 1. The molecule has 0 unspecified atom stereocenters. The number of nitrogens with zero attached hydrogens (tertiary/aromatic N) is 1. The number of pyridine rings is 1. The van der Waals surface area contributed by atoms with E-state index in [1.165, 1.54) is 6.26 Å². The van der Waals surface area contributed by atoms with Crippen molar-refractivity contribution < 1.29 is 17.9 Å². The summed E-state index contributed by atoms with van der Waals surface area (Å²) in [5.74, 6) is 0.366. The topological polar surface area (TPSA) is 73.3 Å². The van der Waals surface area contributed by atoms with Crippen molar-refractivity contribution in [3.63, 3.8) is 0 Å². The summed E-state index contributed by atoms with van der Waals surface area (Å²) in [6.07, 6.45) is 6.35. The first-order valence-corrected chi connectivity index (χ1v) is 15.2. The molecule has 0 aliphatic carbocycles. The van der Waals surface area contributed by atoms with Crippen molar-refractivity contribution in [1.29, 1.82) is 0 Å². The van der Waals surface area contributed by atoms with Gasteiger partial charge in [-0.15, -0.1) is 0 Å². The number of ketones is 1. The van der Waals surface area contributed by atoms with Crippen LogP contribution in [0.25, 0.3) is 28.1 Å². The lowest BCUT2D eigenvalue weighted by Gasteiger charge is -2.24. The number of aromatic nitrogens is 1. The highest BCUT2D eigenvalue weighted by molar-refractivity contribution is 7.91. The summed E-state index contributed by atoms with van der Waals surface area (Å²) in [6.45, 7) is 3.70. The van der Waals surface area contributed by atoms with Crippen LogP contribution < -0.4 is 4.74 Å². The number of hydrogen-bond donors (Lipinski definition) is 0.